The summed E-state index contributed by atoms with van der Waals surface area (Å²) in [5.41, 5.74) is 23.3. The molecule has 4 rings (SSSR count). The Kier molecular flexibility index (Phi) is 22.6. The van der Waals surface area contributed by atoms with Crippen molar-refractivity contribution in [1.29, 1.82) is 0 Å². The molecule has 2 heterocycles. The number of nitrogens with one attached hydrogen (secondary N) is 7. The molecule has 2 aliphatic rings. The van der Waals surface area contributed by atoms with Gasteiger partial charge in [-0.2, -0.15) is 0 Å². The molecular weight excluding hydrogens is 973 g/mol. The SMILES string of the molecule is CC[C@H](C)[C@@H]1NC(=O)[C@@H](Cc2ccc3ccccc3c2)NC(=O)[C@@H](N)CSSC[C@@H](C(=O)N2CCC[C@H]2C(=O)N[C@@H](CC(C)C)C(=O)NCC(N)=O)NC(=O)[C@H](CC(N)=O)NC(=O)[C@H](CCC(N)=O)NC1=O. The van der Waals surface area contributed by atoms with E-state index in [1.165, 1.54) is 4.90 Å². The lowest BCUT2D eigenvalue weighted by atomic mass is 9.96. The Morgan fingerprint density at radius 2 is 1.39 bits per heavy atom. The summed E-state index contributed by atoms with van der Waals surface area (Å²) in [6.07, 6.45) is -0.525. The van der Waals surface area contributed by atoms with E-state index < -0.39 is 139 Å². The highest BCUT2D eigenvalue weighted by Crippen LogP contribution is 2.26. The normalized spacial score (nSPS) is 23.8. The number of carbonyl (C=O) groups is 11. The third-order valence-corrected chi connectivity index (χ3v) is 14.6. The van der Waals surface area contributed by atoms with Crippen molar-refractivity contribution in [2.24, 2.45) is 34.8 Å². The molecular formula is C47H68N12O11S2. The molecule has 0 saturated carbocycles. The summed E-state index contributed by atoms with van der Waals surface area (Å²) in [6.45, 7) is 6.69. The Morgan fingerprint density at radius 3 is 2.04 bits per heavy atom. The minimum Gasteiger partial charge on any atom is -0.370 e. The number of hydrogen-bond donors (Lipinski definition) is 11. The molecule has 2 aromatic carbocycles. The van der Waals surface area contributed by atoms with E-state index in [4.69, 9.17) is 22.9 Å². The zero-order valence-electron chi connectivity index (χ0n) is 40.9. The van der Waals surface area contributed by atoms with Crippen molar-refractivity contribution < 1.29 is 52.7 Å². The molecule has 23 nitrogen and oxygen atoms in total. The molecule has 0 spiro atoms. The van der Waals surface area contributed by atoms with Crippen molar-refractivity contribution in [3.63, 3.8) is 0 Å². The molecule has 2 saturated heterocycles. The number of nitrogens with zero attached hydrogens (tertiary/aromatic N) is 1. The standard InChI is InChI=1S/C47H68N12O11S2/c1-5-25(4)39-46(69)53-30(14-15-36(49)60)42(65)55-33(20-37(50)61)43(66)57-34(47(70)59-16-8-11-35(59)45(68)56-31(17-24(2)3)41(64)52-21-38(51)62)23-72-71-22-29(48)40(63)54-32(44(67)58-39)19-26-12-13-27-9-6-7-10-28(27)18-26/h6-7,9-10,12-13,18,24-25,29-35,39H,5,8,11,14-17,19-23,48H2,1-4H3,(H2,49,60)(H2,50,61)(H2,51,62)(H,52,64)(H,53,69)(H,54,63)(H,55,65)(H,56,68)(H,57,66)(H,58,67)/t25-,29-,30-,31-,32+,33-,34-,35-,39-/m0/s1. The smallest absolute Gasteiger partial charge is 0.246 e. The van der Waals surface area contributed by atoms with Gasteiger partial charge in [-0.3, -0.25) is 52.7 Å². The lowest BCUT2D eigenvalue weighted by Crippen LogP contribution is -2.61. The van der Waals surface area contributed by atoms with Crippen LogP contribution in [0.25, 0.3) is 10.8 Å². The monoisotopic (exact) mass is 1040 g/mol. The van der Waals surface area contributed by atoms with Crippen molar-refractivity contribution in [3.05, 3.63) is 48.0 Å². The van der Waals surface area contributed by atoms with Crippen LogP contribution in [0.3, 0.4) is 0 Å². The average Bonchev–Trinajstić information content (AvgIpc) is 3.83. The van der Waals surface area contributed by atoms with E-state index in [9.17, 15) is 52.7 Å². The fourth-order valence-corrected chi connectivity index (χ4v) is 10.4. The quantitative estimate of drug-likeness (QED) is 0.0753. The summed E-state index contributed by atoms with van der Waals surface area (Å²) in [7, 11) is 2.10. The Morgan fingerprint density at radius 1 is 0.750 bits per heavy atom. The van der Waals surface area contributed by atoms with Crippen molar-refractivity contribution in [2.45, 2.75) is 127 Å². The van der Waals surface area contributed by atoms with Gasteiger partial charge >= 0.3 is 0 Å². The van der Waals surface area contributed by atoms with Crippen LogP contribution in [0.4, 0.5) is 0 Å². The molecule has 72 heavy (non-hydrogen) atoms. The van der Waals surface area contributed by atoms with Gasteiger partial charge in [-0.25, -0.2) is 0 Å². The number of carbonyl (C=O) groups excluding carboxylic acids is 11. The zero-order chi connectivity index (χ0) is 53.2. The van der Waals surface area contributed by atoms with Crippen LogP contribution in [0.2, 0.25) is 0 Å². The first-order chi connectivity index (χ1) is 34.1. The summed E-state index contributed by atoms with van der Waals surface area (Å²) in [6, 6.07) is 2.36. The van der Waals surface area contributed by atoms with Crippen molar-refractivity contribution in [2.75, 3.05) is 24.6 Å². The number of likely N-dealkylation sites (tertiary alicyclic amines) is 1. The van der Waals surface area contributed by atoms with Gasteiger partial charge in [0.2, 0.25) is 65.0 Å². The summed E-state index contributed by atoms with van der Waals surface area (Å²) in [4.78, 5) is 149. The second-order valence-electron chi connectivity index (χ2n) is 18.4. The van der Waals surface area contributed by atoms with Gasteiger partial charge in [0.1, 0.15) is 42.3 Å². The second kappa shape index (κ2) is 28.0. The Bertz CT molecular complexity index is 2340. The van der Waals surface area contributed by atoms with Gasteiger partial charge in [0.25, 0.3) is 0 Å². The molecule has 2 fully saturated rings. The minimum atomic E-state index is -1.74. The summed E-state index contributed by atoms with van der Waals surface area (Å²) >= 11 is 0. The Hall–Kier alpha value is -6.47. The molecule has 0 aliphatic carbocycles. The molecule has 25 heteroatoms. The molecule has 9 atom stereocenters. The highest BCUT2D eigenvalue weighted by molar-refractivity contribution is 8.76. The fraction of sp³-hybridized carbons (Fsp3) is 0.553. The number of benzene rings is 2. The van der Waals surface area contributed by atoms with Crippen LogP contribution in [0.15, 0.2) is 42.5 Å². The van der Waals surface area contributed by atoms with Gasteiger partial charge in [-0.05, 0) is 53.9 Å². The number of nitrogens with two attached hydrogens (primary N) is 4. The predicted molar refractivity (Wildman–Crippen MR) is 270 cm³/mol. The summed E-state index contributed by atoms with van der Waals surface area (Å²) in [5.74, 6) is -10.1. The van der Waals surface area contributed by atoms with Crippen molar-refractivity contribution in [3.8, 4) is 0 Å². The first-order valence-corrected chi connectivity index (χ1v) is 26.3. The fourth-order valence-electron chi connectivity index (χ4n) is 8.08. The van der Waals surface area contributed by atoms with E-state index in [2.05, 4.69) is 37.2 Å². The van der Waals surface area contributed by atoms with E-state index >= 15 is 0 Å². The van der Waals surface area contributed by atoms with Gasteiger partial charge in [-0.15, -0.1) is 0 Å². The lowest BCUT2D eigenvalue weighted by Gasteiger charge is -2.31. The molecule has 2 aromatic rings. The van der Waals surface area contributed by atoms with E-state index in [-0.39, 0.29) is 49.7 Å². The maximum atomic E-state index is 14.6. The number of fused-ring (bicyclic) bond motifs is 1. The van der Waals surface area contributed by atoms with E-state index in [0.29, 0.717) is 18.4 Å². The van der Waals surface area contributed by atoms with Crippen LogP contribution in [-0.4, -0.2) is 143 Å². The van der Waals surface area contributed by atoms with Crippen LogP contribution in [0.5, 0.6) is 0 Å². The minimum absolute atomic E-state index is 0.0172. The molecule has 0 radical (unpaired) electrons. The predicted octanol–water partition coefficient (Wildman–Crippen LogP) is -2.16. The van der Waals surface area contributed by atoms with E-state index in [1.54, 1.807) is 13.8 Å². The van der Waals surface area contributed by atoms with E-state index in [0.717, 1.165) is 32.4 Å². The topological polar surface area (TPSA) is 379 Å². The highest BCUT2D eigenvalue weighted by Gasteiger charge is 2.41. The van der Waals surface area contributed by atoms with E-state index in [1.807, 2.05) is 56.3 Å². The second-order valence-corrected chi connectivity index (χ2v) is 21.0. The number of primary amides is 3. The summed E-state index contributed by atoms with van der Waals surface area (Å²) in [5, 5.41) is 20.0. The van der Waals surface area contributed by atoms with Crippen molar-refractivity contribution in [1.82, 2.24) is 42.1 Å². The maximum Gasteiger partial charge on any atom is 0.246 e. The number of amides is 11. The van der Waals surface area contributed by atoms with Crippen LogP contribution in [0, 0.1) is 11.8 Å². The van der Waals surface area contributed by atoms with Crippen LogP contribution >= 0.6 is 21.6 Å². The molecule has 0 aromatic heterocycles. The zero-order valence-corrected chi connectivity index (χ0v) is 42.5. The van der Waals surface area contributed by atoms with Crippen LogP contribution in [0.1, 0.15) is 78.2 Å². The average molecular weight is 1040 g/mol. The number of rotatable bonds is 17. The third-order valence-electron chi connectivity index (χ3n) is 12.2. The Balaban J connectivity index is 1.71. The molecule has 2 aliphatic heterocycles. The van der Waals surface area contributed by atoms with Gasteiger partial charge in [-0.1, -0.05) is 98.2 Å². The highest BCUT2D eigenvalue weighted by atomic mass is 33.1. The van der Waals surface area contributed by atoms with Gasteiger partial charge < -0.3 is 65.1 Å². The van der Waals surface area contributed by atoms with Crippen LogP contribution in [-0.2, 0) is 59.2 Å². The van der Waals surface area contributed by atoms with Crippen LogP contribution < -0.4 is 60.2 Å². The number of hydrogen-bond acceptors (Lipinski definition) is 14. The summed E-state index contributed by atoms with van der Waals surface area (Å²) < 4.78 is 0. The molecule has 11 amide bonds. The maximum absolute atomic E-state index is 14.6. The van der Waals surface area contributed by atoms with Crippen molar-refractivity contribution >= 4 is 97.3 Å². The van der Waals surface area contributed by atoms with Gasteiger partial charge in [0, 0.05) is 30.9 Å². The molecule has 394 valence electrons. The molecule has 15 N–H and O–H groups in total. The Labute approximate surface area is 425 Å². The molecule has 0 unspecified atom stereocenters. The molecule has 0 bridgehead atoms. The van der Waals surface area contributed by atoms with Gasteiger partial charge in [0.15, 0.2) is 0 Å². The first kappa shape index (κ1) is 58.1. The lowest BCUT2D eigenvalue weighted by molar-refractivity contribution is -0.142. The largest absolute Gasteiger partial charge is 0.370 e. The first-order valence-electron chi connectivity index (χ1n) is 23.8. The van der Waals surface area contributed by atoms with Gasteiger partial charge in [0.05, 0.1) is 19.0 Å². The third kappa shape index (κ3) is 17.7.